The number of aromatic nitrogens is 6. The third-order valence-corrected chi connectivity index (χ3v) is 10.0. The summed E-state index contributed by atoms with van der Waals surface area (Å²) in [7, 11) is 2.01. The molecule has 2 aliphatic rings. The number of likely N-dealkylation sites (tertiary alicyclic amines) is 1. The first kappa shape index (κ1) is 30.6. The number of anilines is 1. The lowest BCUT2D eigenvalue weighted by Gasteiger charge is -2.35. The van der Waals surface area contributed by atoms with Crippen molar-refractivity contribution in [2.75, 3.05) is 32.7 Å². The third-order valence-electron chi connectivity index (χ3n) is 7.73. The largest absolute Gasteiger partial charge is 0.454 e. The Hall–Kier alpha value is -3.44. The van der Waals surface area contributed by atoms with Gasteiger partial charge in [0.25, 0.3) is 0 Å². The van der Waals surface area contributed by atoms with E-state index in [2.05, 4.69) is 47.8 Å². The number of unbranched alkanes of at least 4 members (excludes halogenated alkanes) is 2. The number of fused-ring (bicyclic) bond motifs is 2. The number of carbonyl (C=O) groups is 2. The molecule has 4 aromatic rings. The highest BCUT2D eigenvalue weighted by atomic mass is 127. The van der Waals surface area contributed by atoms with E-state index in [0.717, 1.165) is 58.7 Å². The molecular formula is C29H34IN9O4S. The molecule has 6 rings (SSSR count). The molecule has 1 fully saturated rings. The molecule has 0 radical (unpaired) electrons. The van der Waals surface area contributed by atoms with E-state index >= 15 is 0 Å². The molecule has 1 aromatic carbocycles. The fourth-order valence-corrected chi connectivity index (χ4v) is 7.05. The van der Waals surface area contributed by atoms with E-state index in [1.807, 2.05) is 23.7 Å². The maximum absolute atomic E-state index is 13.0. The molecule has 1 atom stereocenters. The van der Waals surface area contributed by atoms with Crippen LogP contribution in [0.5, 0.6) is 11.5 Å². The highest BCUT2D eigenvalue weighted by Gasteiger charge is 2.32. The number of nitrogens with one attached hydrogen (secondary N) is 2. The number of amides is 1. The number of Topliss-reactive ketones (excluding diaryl/α,β-unsaturated/α-hetero) is 1. The number of carbonyl (C=O) groups excluding carboxylic acids is 2. The van der Waals surface area contributed by atoms with Crippen molar-refractivity contribution in [3.63, 3.8) is 0 Å². The molecule has 232 valence electrons. The van der Waals surface area contributed by atoms with Gasteiger partial charge in [-0.1, -0.05) is 24.6 Å². The van der Waals surface area contributed by atoms with Crippen molar-refractivity contribution < 1.29 is 19.1 Å². The van der Waals surface area contributed by atoms with Gasteiger partial charge in [-0.2, -0.15) is 0 Å². The third kappa shape index (κ3) is 6.78. The van der Waals surface area contributed by atoms with Gasteiger partial charge in [-0.15, -0.1) is 0 Å². The summed E-state index contributed by atoms with van der Waals surface area (Å²) >= 11 is 3.75. The number of hydrogen-bond acceptors (Lipinski definition) is 11. The molecule has 2 aliphatic heterocycles. The van der Waals surface area contributed by atoms with E-state index in [4.69, 9.17) is 25.2 Å². The van der Waals surface area contributed by atoms with Crippen LogP contribution in [0.3, 0.4) is 0 Å². The predicted molar refractivity (Wildman–Crippen MR) is 172 cm³/mol. The van der Waals surface area contributed by atoms with Crippen LogP contribution in [-0.4, -0.2) is 73.0 Å². The number of rotatable bonds is 13. The second-order valence-corrected chi connectivity index (χ2v) is 13.4. The molecule has 5 heterocycles. The number of nitrogen functional groups attached to an aromatic ring is 1. The van der Waals surface area contributed by atoms with E-state index in [1.54, 1.807) is 13.1 Å². The van der Waals surface area contributed by atoms with Crippen LogP contribution in [0.2, 0.25) is 0 Å². The number of aromatic amines is 1. The van der Waals surface area contributed by atoms with E-state index in [9.17, 15) is 9.59 Å². The molecule has 3 aromatic heterocycles. The summed E-state index contributed by atoms with van der Waals surface area (Å²) in [6.07, 6.45) is 7.14. The number of ketones is 1. The molecule has 0 spiro atoms. The first-order chi connectivity index (χ1) is 21.2. The first-order valence-electron chi connectivity index (χ1n) is 14.5. The lowest BCUT2D eigenvalue weighted by Crippen LogP contribution is -2.52. The zero-order chi connectivity index (χ0) is 30.8. The minimum absolute atomic E-state index is 0.0179. The van der Waals surface area contributed by atoms with Gasteiger partial charge in [-0.3, -0.25) is 9.36 Å². The summed E-state index contributed by atoms with van der Waals surface area (Å²) in [6.45, 7) is 3.72. The van der Waals surface area contributed by atoms with Gasteiger partial charge in [-0.05, 0) is 61.5 Å². The molecule has 4 N–H and O–H groups in total. The molecular weight excluding hydrogens is 697 g/mol. The van der Waals surface area contributed by atoms with Crippen molar-refractivity contribution >= 4 is 63.0 Å². The lowest BCUT2D eigenvalue weighted by atomic mass is 9.99. The highest BCUT2D eigenvalue weighted by Crippen LogP contribution is 2.41. The van der Waals surface area contributed by atoms with Gasteiger partial charge in [0.05, 0.1) is 30.4 Å². The maximum atomic E-state index is 13.0. The minimum Gasteiger partial charge on any atom is -0.454 e. The van der Waals surface area contributed by atoms with Gasteiger partial charge in [0.15, 0.2) is 33.6 Å². The molecule has 0 bridgehead atoms. The minimum atomic E-state index is -0.263. The van der Waals surface area contributed by atoms with Crippen molar-refractivity contribution in [1.29, 1.82) is 0 Å². The summed E-state index contributed by atoms with van der Waals surface area (Å²) in [6, 6.07) is 3.63. The molecule has 0 saturated carbocycles. The number of nitrogens with zero attached hydrogens (tertiary/aromatic N) is 6. The monoisotopic (exact) mass is 731 g/mol. The second kappa shape index (κ2) is 13.3. The molecule has 13 nitrogen and oxygen atoms in total. The number of H-pyrrole nitrogens is 1. The molecule has 1 saturated heterocycles. The van der Waals surface area contributed by atoms with E-state index in [-0.39, 0.29) is 30.4 Å². The van der Waals surface area contributed by atoms with Crippen molar-refractivity contribution in [2.45, 2.75) is 61.7 Å². The Morgan fingerprint density at radius 2 is 1.98 bits per heavy atom. The Kier molecular flexibility index (Phi) is 9.23. The van der Waals surface area contributed by atoms with Crippen LogP contribution in [0.15, 0.2) is 34.7 Å². The number of ether oxygens (including phenoxy) is 2. The van der Waals surface area contributed by atoms with Crippen molar-refractivity contribution in [2.24, 2.45) is 5.92 Å². The number of hydrogen-bond donors (Lipinski definition) is 3. The summed E-state index contributed by atoms with van der Waals surface area (Å²) in [5, 5.41) is 3.91. The average molecular weight is 732 g/mol. The van der Waals surface area contributed by atoms with Gasteiger partial charge in [0, 0.05) is 28.0 Å². The Balaban J connectivity index is 1.24. The Morgan fingerprint density at radius 1 is 1.18 bits per heavy atom. The van der Waals surface area contributed by atoms with Gasteiger partial charge in [0.1, 0.15) is 17.9 Å². The van der Waals surface area contributed by atoms with Gasteiger partial charge in [0.2, 0.25) is 12.7 Å². The van der Waals surface area contributed by atoms with Gasteiger partial charge in [-0.25, -0.2) is 19.9 Å². The molecule has 0 unspecified atom stereocenters. The second-order valence-electron chi connectivity index (χ2n) is 11.2. The Labute approximate surface area is 272 Å². The van der Waals surface area contributed by atoms with Gasteiger partial charge >= 0.3 is 0 Å². The smallest absolute Gasteiger partial charge is 0.231 e. The first-order valence-corrected chi connectivity index (χ1v) is 16.4. The topological polar surface area (TPSA) is 166 Å². The van der Waals surface area contributed by atoms with Crippen molar-refractivity contribution in [3.8, 4) is 11.5 Å². The number of imidazole rings is 2. The average Bonchev–Trinajstić information content (AvgIpc) is 3.71. The van der Waals surface area contributed by atoms with Crippen LogP contribution in [0.1, 0.15) is 56.6 Å². The quantitative estimate of drug-likeness (QED) is 0.135. The number of benzene rings is 1. The molecule has 0 aliphatic carbocycles. The van der Waals surface area contributed by atoms with Crippen LogP contribution in [0.25, 0.3) is 11.2 Å². The SMILES string of the molecule is CC(=O)CCCCC[C@H](NC(=O)C1CN(C)C1)c1ncc(Cn2c(Sc3cc4c(cc3I)OCO4)nc3c(N)ncnc32)[nH]1. The van der Waals surface area contributed by atoms with E-state index in [1.165, 1.54) is 18.1 Å². The summed E-state index contributed by atoms with van der Waals surface area (Å²) in [4.78, 5) is 49.1. The number of nitrogens with two attached hydrogens (primary N) is 1. The predicted octanol–water partition coefficient (Wildman–Crippen LogP) is 3.92. The summed E-state index contributed by atoms with van der Waals surface area (Å²) < 4.78 is 14.1. The summed E-state index contributed by atoms with van der Waals surface area (Å²) in [5.41, 5.74) is 8.16. The van der Waals surface area contributed by atoms with E-state index < -0.39 is 0 Å². The maximum Gasteiger partial charge on any atom is 0.231 e. The highest BCUT2D eigenvalue weighted by molar-refractivity contribution is 14.1. The standard InChI is InChI=1S/C29H34IN9O4S/c1-16(40)6-4-3-5-7-20(36-28(41)17-11-38(2)12-17)26-32-10-18(35-26)13-39-27-24(25(31)33-14-34-27)37-29(39)44-23-9-22-21(8-19(23)30)42-15-43-22/h8-10,14,17,20H,3-7,11-13,15H2,1-2H3,(H,32,35)(H,36,41)(H2,31,33,34)/t20-/m0/s1. The Bertz CT molecular complexity index is 1690. The Morgan fingerprint density at radius 3 is 2.75 bits per heavy atom. The lowest BCUT2D eigenvalue weighted by molar-refractivity contribution is -0.130. The van der Waals surface area contributed by atoms with Crippen molar-refractivity contribution in [3.05, 3.63) is 39.7 Å². The molecule has 1 amide bonds. The molecule has 15 heteroatoms. The summed E-state index contributed by atoms with van der Waals surface area (Å²) in [5.74, 6) is 2.63. The number of halogens is 1. The van der Waals surface area contributed by atoms with Crippen LogP contribution in [0.4, 0.5) is 5.82 Å². The zero-order valence-corrected chi connectivity index (χ0v) is 27.5. The normalized spacial score (nSPS) is 15.4. The van der Waals surface area contributed by atoms with Crippen LogP contribution >= 0.6 is 34.4 Å². The molecule has 44 heavy (non-hydrogen) atoms. The zero-order valence-electron chi connectivity index (χ0n) is 24.5. The fourth-order valence-electron chi connectivity index (χ4n) is 5.36. The van der Waals surface area contributed by atoms with Crippen LogP contribution in [-0.2, 0) is 16.1 Å². The van der Waals surface area contributed by atoms with Crippen LogP contribution < -0.4 is 20.5 Å². The van der Waals surface area contributed by atoms with Gasteiger partial charge < -0.3 is 35.2 Å². The van der Waals surface area contributed by atoms with E-state index in [0.29, 0.717) is 46.7 Å². The van der Waals surface area contributed by atoms with Crippen molar-refractivity contribution in [1.82, 2.24) is 39.7 Å². The van der Waals surface area contributed by atoms with Crippen LogP contribution in [0, 0.1) is 9.49 Å². The fraction of sp³-hybridized carbons (Fsp3) is 0.448.